The van der Waals surface area contributed by atoms with E-state index in [1.165, 1.54) is 11.5 Å². The van der Waals surface area contributed by atoms with Gasteiger partial charge in [0.1, 0.15) is 5.82 Å². The Hall–Kier alpha value is -0.680. The van der Waals surface area contributed by atoms with Crippen LogP contribution in [0.15, 0.2) is 0 Å². The van der Waals surface area contributed by atoms with E-state index in [0.29, 0.717) is 6.04 Å². The Labute approximate surface area is 89.1 Å². The van der Waals surface area contributed by atoms with E-state index < -0.39 is 0 Å². The zero-order valence-electron chi connectivity index (χ0n) is 8.95. The minimum Gasteiger partial charge on any atom is -0.358 e. The summed E-state index contributed by atoms with van der Waals surface area (Å²) >= 11 is 1.42. The van der Waals surface area contributed by atoms with Crippen LogP contribution in [-0.2, 0) is 6.42 Å². The SMILES string of the molecule is CCc1nsc(NC(C)CC(C)N)n1. The highest BCUT2D eigenvalue weighted by Crippen LogP contribution is 2.13. The van der Waals surface area contributed by atoms with Crippen LogP contribution in [0.4, 0.5) is 5.13 Å². The van der Waals surface area contributed by atoms with Gasteiger partial charge in [0.05, 0.1) is 0 Å². The molecular weight excluding hydrogens is 196 g/mol. The molecule has 0 spiro atoms. The van der Waals surface area contributed by atoms with E-state index in [2.05, 4.69) is 28.5 Å². The predicted molar refractivity (Wildman–Crippen MR) is 60.6 cm³/mol. The molecule has 0 saturated heterocycles. The third-order valence-electron chi connectivity index (χ3n) is 1.88. The molecule has 0 bridgehead atoms. The van der Waals surface area contributed by atoms with E-state index in [9.17, 15) is 0 Å². The summed E-state index contributed by atoms with van der Waals surface area (Å²) in [7, 11) is 0. The monoisotopic (exact) mass is 214 g/mol. The number of hydrogen-bond donors (Lipinski definition) is 2. The minimum atomic E-state index is 0.219. The Kier molecular flexibility index (Phi) is 4.28. The fourth-order valence-corrected chi connectivity index (χ4v) is 2.05. The Morgan fingerprint density at radius 3 is 2.71 bits per heavy atom. The van der Waals surface area contributed by atoms with Crippen LogP contribution in [0, 0.1) is 0 Å². The molecule has 0 aliphatic heterocycles. The topological polar surface area (TPSA) is 63.8 Å². The molecule has 80 valence electrons. The highest BCUT2D eigenvalue weighted by Gasteiger charge is 2.08. The minimum absolute atomic E-state index is 0.219. The van der Waals surface area contributed by atoms with Gasteiger partial charge in [-0.15, -0.1) is 0 Å². The number of aromatic nitrogens is 2. The van der Waals surface area contributed by atoms with Gasteiger partial charge in [0.15, 0.2) is 0 Å². The van der Waals surface area contributed by atoms with E-state index in [0.717, 1.165) is 23.8 Å². The van der Waals surface area contributed by atoms with Gasteiger partial charge in [-0.3, -0.25) is 0 Å². The predicted octanol–water partition coefficient (Wildman–Crippen LogP) is 1.64. The third kappa shape index (κ3) is 3.59. The number of rotatable bonds is 5. The number of anilines is 1. The first-order valence-electron chi connectivity index (χ1n) is 4.96. The number of nitrogens with zero attached hydrogens (tertiary/aromatic N) is 2. The Morgan fingerprint density at radius 2 is 2.21 bits per heavy atom. The summed E-state index contributed by atoms with van der Waals surface area (Å²) in [6.45, 7) is 6.17. The lowest BCUT2D eigenvalue weighted by molar-refractivity contribution is 0.604. The van der Waals surface area contributed by atoms with Crippen molar-refractivity contribution in [1.82, 2.24) is 9.36 Å². The van der Waals surface area contributed by atoms with Crippen molar-refractivity contribution < 1.29 is 0 Å². The van der Waals surface area contributed by atoms with E-state index >= 15 is 0 Å². The van der Waals surface area contributed by atoms with E-state index in [1.807, 2.05) is 6.92 Å². The second-order valence-electron chi connectivity index (χ2n) is 3.63. The fraction of sp³-hybridized carbons (Fsp3) is 0.778. The van der Waals surface area contributed by atoms with Gasteiger partial charge in [0.2, 0.25) is 5.13 Å². The van der Waals surface area contributed by atoms with Crippen molar-refractivity contribution in [3.63, 3.8) is 0 Å². The average Bonchev–Trinajstić information content (AvgIpc) is 2.50. The highest BCUT2D eigenvalue weighted by atomic mass is 32.1. The van der Waals surface area contributed by atoms with Gasteiger partial charge in [-0.25, -0.2) is 4.98 Å². The van der Waals surface area contributed by atoms with Crippen molar-refractivity contribution in [2.45, 2.75) is 45.7 Å². The highest BCUT2D eigenvalue weighted by molar-refractivity contribution is 7.09. The van der Waals surface area contributed by atoms with Crippen molar-refractivity contribution >= 4 is 16.7 Å². The quantitative estimate of drug-likeness (QED) is 0.782. The number of hydrogen-bond acceptors (Lipinski definition) is 5. The molecule has 1 aromatic heterocycles. The molecule has 4 nitrogen and oxygen atoms in total. The Morgan fingerprint density at radius 1 is 1.50 bits per heavy atom. The summed E-state index contributed by atoms with van der Waals surface area (Å²) in [4.78, 5) is 4.33. The second kappa shape index (κ2) is 5.26. The number of aryl methyl sites for hydroxylation is 1. The first-order valence-corrected chi connectivity index (χ1v) is 5.73. The van der Waals surface area contributed by atoms with Gasteiger partial charge in [0, 0.05) is 30.0 Å². The second-order valence-corrected chi connectivity index (χ2v) is 4.38. The summed E-state index contributed by atoms with van der Waals surface area (Å²) < 4.78 is 4.20. The molecule has 0 aliphatic carbocycles. The van der Waals surface area contributed by atoms with Crippen molar-refractivity contribution in [3.05, 3.63) is 5.82 Å². The molecule has 0 aliphatic rings. The van der Waals surface area contributed by atoms with Crippen LogP contribution in [0.1, 0.15) is 33.0 Å². The molecule has 1 rings (SSSR count). The zero-order chi connectivity index (χ0) is 10.6. The van der Waals surface area contributed by atoms with E-state index in [1.54, 1.807) is 0 Å². The first-order chi connectivity index (χ1) is 6.61. The molecule has 0 aromatic carbocycles. The smallest absolute Gasteiger partial charge is 0.202 e. The van der Waals surface area contributed by atoms with Crippen LogP contribution in [0.5, 0.6) is 0 Å². The third-order valence-corrected chi connectivity index (χ3v) is 2.56. The maximum absolute atomic E-state index is 5.71. The van der Waals surface area contributed by atoms with Crippen LogP contribution >= 0.6 is 11.5 Å². The number of nitrogens with two attached hydrogens (primary N) is 1. The molecule has 3 N–H and O–H groups in total. The normalized spacial score (nSPS) is 15.1. The largest absolute Gasteiger partial charge is 0.358 e. The molecule has 0 amide bonds. The first kappa shape index (κ1) is 11.4. The Balaban J connectivity index is 2.43. The zero-order valence-corrected chi connectivity index (χ0v) is 9.77. The lowest BCUT2D eigenvalue weighted by atomic mass is 10.1. The average molecular weight is 214 g/mol. The molecule has 14 heavy (non-hydrogen) atoms. The van der Waals surface area contributed by atoms with Gasteiger partial charge in [-0.2, -0.15) is 4.37 Å². The van der Waals surface area contributed by atoms with E-state index in [4.69, 9.17) is 5.73 Å². The lowest BCUT2D eigenvalue weighted by Crippen LogP contribution is -2.26. The van der Waals surface area contributed by atoms with Crippen molar-refractivity contribution in [2.24, 2.45) is 5.73 Å². The van der Waals surface area contributed by atoms with Gasteiger partial charge < -0.3 is 11.1 Å². The van der Waals surface area contributed by atoms with E-state index in [-0.39, 0.29) is 6.04 Å². The van der Waals surface area contributed by atoms with Crippen LogP contribution in [0.2, 0.25) is 0 Å². The summed E-state index contributed by atoms with van der Waals surface area (Å²) in [5.74, 6) is 0.908. The maximum Gasteiger partial charge on any atom is 0.202 e. The lowest BCUT2D eigenvalue weighted by Gasteiger charge is -2.14. The molecule has 0 saturated carbocycles. The summed E-state index contributed by atoms with van der Waals surface area (Å²) in [6, 6.07) is 0.573. The van der Waals surface area contributed by atoms with Crippen LogP contribution in [0.25, 0.3) is 0 Å². The van der Waals surface area contributed by atoms with Gasteiger partial charge in [-0.05, 0) is 20.3 Å². The molecule has 2 atom stereocenters. The van der Waals surface area contributed by atoms with Crippen molar-refractivity contribution in [1.29, 1.82) is 0 Å². The summed E-state index contributed by atoms with van der Waals surface area (Å²) in [6.07, 6.45) is 1.83. The summed E-state index contributed by atoms with van der Waals surface area (Å²) in [5.41, 5.74) is 5.71. The van der Waals surface area contributed by atoms with Gasteiger partial charge in [0.25, 0.3) is 0 Å². The van der Waals surface area contributed by atoms with Crippen LogP contribution in [-0.4, -0.2) is 21.4 Å². The molecule has 2 unspecified atom stereocenters. The molecule has 0 fully saturated rings. The molecule has 1 aromatic rings. The molecular formula is C9H18N4S. The van der Waals surface area contributed by atoms with Crippen molar-refractivity contribution in [3.8, 4) is 0 Å². The van der Waals surface area contributed by atoms with Crippen LogP contribution in [0.3, 0.4) is 0 Å². The number of nitrogens with one attached hydrogen (secondary N) is 1. The van der Waals surface area contributed by atoms with Gasteiger partial charge in [-0.1, -0.05) is 6.92 Å². The Bertz CT molecular complexity index is 272. The molecule has 5 heteroatoms. The standard InChI is InChI=1S/C9H18N4S/c1-4-8-12-9(14-13-8)11-7(3)5-6(2)10/h6-7H,4-5,10H2,1-3H3,(H,11,12,13). The maximum atomic E-state index is 5.71. The van der Waals surface area contributed by atoms with Crippen LogP contribution < -0.4 is 11.1 Å². The fourth-order valence-electron chi connectivity index (χ4n) is 1.28. The van der Waals surface area contributed by atoms with Crippen molar-refractivity contribution in [2.75, 3.05) is 5.32 Å². The summed E-state index contributed by atoms with van der Waals surface area (Å²) in [5, 5.41) is 4.19. The molecule has 1 heterocycles. The molecule has 0 radical (unpaired) electrons. The van der Waals surface area contributed by atoms with Gasteiger partial charge >= 0.3 is 0 Å².